The zero-order chi connectivity index (χ0) is 20.7. The Hall–Kier alpha value is -2.74. The number of phenolic OH excluding ortho intramolecular Hbond substituents is 2. The lowest BCUT2D eigenvalue weighted by atomic mass is 9.74. The Bertz CT molecular complexity index is 913. The van der Waals surface area contributed by atoms with Crippen LogP contribution in [-0.2, 0) is 10.8 Å². The van der Waals surface area contributed by atoms with Crippen LogP contribution in [0.5, 0.6) is 11.5 Å². The predicted molar refractivity (Wildman–Crippen MR) is 116 cm³/mol. The third-order valence-corrected chi connectivity index (χ3v) is 5.98. The van der Waals surface area contributed by atoms with Crippen LogP contribution >= 0.6 is 0 Å². The third-order valence-electron chi connectivity index (χ3n) is 5.98. The van der Waals surface area contributed by atoms with Gasteiger partial charge in [0.2, 0.25) is 0 Å². The Morgan fingerprint density at radius 1 is 0.536 bits per heavy atom. The van der Waals surface area contributed by atoms with Gasteiger partial charge in [-0.15, -0.1) is 0 Å². The molecular weight excluding hydrogens is 344 g/mol. The number of phenols is 2. The summed E-state index contributed by atoms with van der Waals surface area (Å²) in [5, 5.41) is 20.8. The van der Waals surface area contributed by atoms with Crippen LogP contribution in [0.1, 0.15) is 61.1 Å². The second kappa shape index (κ2) is 7.01. The maximum atomic E-state index is 10.4. The van der Waals surface area contributed by atoms with Crippen LogP contribution in [-0.4, -0.2) is 10.2 Å². The maximum absolute atomic E-state index is 10.4. The van der Waals surface area contributed by atoms with Crippen molar-refractivity contribution in [2.24, 2.45) is 0 Å². The summed E-state index contributed by atoms with van der Waals surface area (Å²) in [6.45, 7) is 12.6. The minimum absolute atomic E-state index is 0.315. The van der Waals surface area contributed by atoms with E-state index in [1.807, 2.05) is 26.0 Å². The van der Waals surface area contributed by atoms with Crippen molar-refractivity contribution in [3.05, 3.63) is 94.0 Å². The summed E-state index contributed by atoms with van der Waals surface area (Å²) < 4.78 is 0. The first-order chi connectivity index (χ1) is 13.0. The first-order valence-corrected chi connectivity index (χ1v) is 9.74. The fourth-order valence-corrected chi connectivity index (χ4v) is 3.92. The third kappa shape index (κ3) is 3.52. The molecule has 0 amide bonds. The van der Waals surface area contributed by atoms with Gasteiger partial charge in [-0.2, -0.15) is 0 Å². The van der Waals surface area contributed by atoms with E-state index in [0.717, 1.165) is 33.4 Å². The lowest BCUT2D eigenvalue weighted by Gasteiger charge is -2.30. The average Bonchev–Trinajstić information content (AvgIpc) is 2.65. The largest absolute Gasteiger partial charge is 0.508 e. The van der Waals surface area contributed by atoms with Crippen LogP contribution in [0, 0.1) is 13.8 Å². The molecule has 3 rings (SSSR count). The quantitative estimate of drug-likeness (QED) is 0.557. The van der Waals surface area contributed by atoms with Gasteiger partial charge in [0.15, 0.2) is 0 Å². The van der Waals surface area contributed by atoms with Crippen molar-refractivity contribution in [3.63, 3.8) is 0 Å². The Kier molecular flexibility index (Phi) is 5.01. The standard InChI is InChI=1S/C26H30O2/c1-17-7-13-23(27)21(15-17)25(3,4)19-9-11-20(12-10-19)26(5,6)22-16-18(2)8-14-24(22)28/h7-16,27-28H,1-6H3. The van der Waals surface area contributed by atoms with Gasteiger partial charge in [-0.25, -0.2) is 0 Å². The van der Waals surface area contributed by atoms with E-state index in [1.165, 1.54) is 0 Å². The summed E-state index contributed by atoms with van der Waals surface area (Å²) in [6, 6.07) is 20.0. The van der Waals surface area contributed by atoms with Crippen LogP contribution in [0.2, 0.25) is 0 Å². The topological polar surface area (TPSA) is 40.5 Å². The van der Waals surface area contributed by atoms with Gasteiger partial charge in [0.1, 0.15) is 11.5 Å². The monoisotopic (exact) mass is 374 g/mol. The van der Waals surface area contributed by atoms with E-state index < -0.39 is 0 Å². The lowest BCUT2D eigenvalue weighted by molar-refractivity contribution is 0.451. The second-order valence-corrected chi connectivity index (χ2v) is 8.87. The minimum atomic E-state index is -0.315. The van der Waals surface area contributed by atoms with Crippen molar-refractivity contribution in [1.29, 1.82) is 0 Å². The molecule has 0 aliphatic carbocycles. The molecule has 0 spiro atoms. The van der Waals surface area contributed by atoms with Crippen molar-refractivity contribution in [2.75, 3.05) is 0 Å². The minimum Gasteiger partial charge on any atom is -0.508 e. The van der Waals surface area contributed by atoms with Crippen molar-refractivity contribution >= 4 is 0 Å². The molecule has 0 radical (unpaired) electrons. The molecule has 0 heterocycles. The zero-order valence-corrected chi connectivity index (χ0v) is 17.7. The van der Waals surface area contributed by atoms with Gasteiger partial charge in [0.05, 0.1) is 0 Å². The van der Waals surface area contributed by atoms with E-state index in [1.54, 1.807) is 12.1 Å². The molecule has 2 N–H and O–H groups in total. The van der Waals surface area contributed by atoms with Gasteiger partial charge in [0.25, 0.3) is 0 Å². The molecule has 28 heavy (non-hydrogen) atoms. The molecule has 0 aliphatic rings. The van der Waals surface area contributed by atoms with Crippen molar-refractivity contribution < 1.29 is 10.2 Å². The normalized spacial score (nSPS) is 12.2. The summed E-state index contributed by atoms with van der Waals surface area (Å²) in [5.74, 6) is 0.648. The molecule has 0 atom stereocenters. The summed E-state index contributed by atoms with van der Waals surface area (Å²) in [6.07, 6.45) is 0. The molecular formula is C26H30O2. The Morgan fingerprint density at radius 2 is 0.857 bits per heavy atom. The Balaban J connectivity index is 2.01. The summed E-state index contributed by atoms with van der Waals surface area (Å²) in [7, 11) is 0. The van der Waals surface area contributed by atoms with E-state index in [9.17, 15) is 10.2 Å². The predicted octanol–water partition coefficient (Wildman–Crippen LogP) is 6.37. The van der Waals surface area contributed by atoms with Gasteiger partial charge < -0.3 is 10.2 Å². The number of aromatic hydroxyl groups is 2. The molecule has 3 aromatic carbocycles. The molecule has 0 saturated carbocycles. The fourth-order valence-electron chi connectivity index (χ4n) is 3.92. The molecule has 0 fully saturated rings. The van der Waals surface area contributed by atoms with Crippen LogP contribution in [0.15, 0.2) is 60.7 Å². The van der Waals surface area contributed by atoms with E-state index in [2.05, 4.69) is 64.1 Å². The number of rotatable bonds is 4. The first-order valence-electron chi connectivity index (χ1n) is 9.74. The van der Waals surface area contributed by atoms with Gasteiger partial charge in [-0.1, -0.05) is 87.4 Å². The highest BCUT2D eigenvalue weighted by molar-refractivity contribution is 5.50. The van der Waals surface area contributed by atoms with Gasteiger partial charge in [-0.05, 0) is 37.1 Å². The summed E-state index contributed by atoms with van der Waals surface area (Å²) in [4.78, 5) is 0. The highest BCUT2D eigenvalue weighted by Gasteiger charge is 2.29. The fraction of sp³-hybridized carbons (Fsp3) is 0.308. The SMILES string of the molecule is Cc1ccc(O)c(C(C)(C)c2ccc(C(C)(C)c3cc(C)ccc3O)cc2)c1. The molecule has 146 valence electrons. The average molecular weight is 375 g/mol. The summed E-state index contributed by atoms with van der Waals surface area (Å²) >= 11 is 0. The van der Waals surface area contributed by atoms with E-state index in [0.29, 0.717) is 11.5 Å². The number of hydrogen-bond acceptors (Lipinski definition) is 2. The molecule has 0 bridgehead atoms. The van der Waals surface area contributed by atoms with E-state index in [-0.39, 0.29) is 10.8 Å². The smallest absolute Gasteiger partial charge is 0.119 e. The zero-order valence-electron chi connectivity index (χ0n) is 17.7. The maximum Gasteiger partial charge on any atom is 0.119 e. The van der Waals surface area contributed by atoms with E-state index >= 15 is 0 Å². The van der Waals surface area contributed by atoms with Crippen molar-refractivity contribution in [1.82, 2.24) is 0 Å². The van der Waals surface area contributed by atoms with Gasteiger partial charge in [0, 0.05) is 22.0 Å². The highest BCUT2D eigenvalue weighted by atomic mass is 16.3. The van der Waals surface area contributed by atoms with Crippen LogP contribution < -0.4 is 0 Å². The first kappa shape index (κ1) is 20.0. The van der Waals surface area contributed by atoms with Gasteiger partial charge in [-0.3, -0.25) is 0 Å². The number of aryl methyl sites for hydroxylation is 2. The van der Waals surface area contributed by atoms with Crippen LogP contribution in [0.25, 0.3) is 0 Å². The van der Waals surface area contributed by atoms with Crippen molar-refractivity contribution in [2.45, 2.75) is 52.4 Å². The Labute approximate surface area is 168 Å². The molecule has 0 saturated heterocycles. The second-order valence-electron chi connectivity index (χ2n) is 8.87. The number of hydrogen-bond donors (Lipinski definition) is 2. The number of benzene rings is 3. The molecule has 0 unspecified atom stereocenters. The molecule has 2 heteroatoms. The molecule has 0 aromatic heterocycles. The van der Waals surface area contributed by atoms with Crippen molar-refractivity contribution in [3.8, 4) is 11.5 Å². The highest BCUT2D eigenvalue weighted by Crippen LogP contribution is 2.40. The lowest BCUT2D eigenvalue weighted by Crippen LogP contribution is -2.22. The van der Waals surface area contributed by atoms with Gasteiger partial charge >= 0.3 is 0 Å². The summed E-state index contributed by atoms with van der Waals surface area (Å²) in [5.41, 5.74) is 5.77. The molecule has 2 nitrogen and oxygen atoms in total. The molecule has 3 aromatic rings. The Morgan fingerprint density at radius 3 is 1.18 bits per heavy atom. The van der Waals surface area contributed by atoms with E-state index in [4.69, 9.17) is 0 Å². The van der Waals surface area contributed by atoms with Crippen LogP contribution in [0.4, 0.5) is 0 Å². The van der Waals surface area contributed by atoms with Crippen LogP contribution in [0.3, 0.4) is 0 Å². The molecule has 0 aliphatic heterocycles.